The van der Waals surface area contributed by atoms with Gasteiger partial charge in [-0.15, -0.1) is 11.3 Å². The van der Waals surface area contributed by atoms with Gasteiger partial charge in [0.2, 0.25) is 0 Å². The number of fused-ring (bicyclic) bond motifs is 1. The lowest BCUT2D eigenvalue weighted by Gasteiger charge is -2.07. The smallest absolute Gasteiger partial charge is 0.348 e. The van der Waals surface area contributed by atoms with Crippen molar-refractivity contribution in [2.45, 2.75) is 13.8 Å². The Balaban J connectivity index is 2.06. The van der Waals surface area contributed by atoms with Crippen molar-refractivity contribution >= 4 is 51.4 Å². The molecule has 0 unspecified atom stereocenters. The lowest BCUT2D eigenvalue weighted by molar-refractivity contribution is 0.0601. The van der Waals surface area contributed by atoms with E-state index in [0.717, 1.165) is 11.3 Å². The van der Waals surface area contributed by atoms with E-state index in [1.165, 1.54) is 14.2 Å². The molecule has 3 heterocycles. The van der Waals surface area contributed by atoms with Crippen LogP contribution in [0.5, 0.6) is 0 Å². The van der Waals surface area contributed by atoms with Gasteiger partial charge in [0, 0.05) is 17.3 Å². The Bertz CT molecular complexity index is 1120. The van der Waals surface area contributed by atoms with E-state index in [0.29, 0.717) is 21.9 Å². The van der Waals surface area contributed by atoms with E-state index in [1.807, 2.05) is 0 Å². The van der Waals surface area contributed by atoms with Gasteiger partial charge in [0.25, 0.3) is 5.91 Å². The summed E-state index contributed by atoms with van der Waals surface area (Å²) in [5.74, 6) is -1.76. The number of ether oxygens (including phenoxy) is 2. The highest BCUT2D eigenvalue weighted by Crippen LogP contribution is 2.34. The molecule has 3 aromatic rings. The minimum atomic E-state index is -0.666. The van der Waals surface area contributed by atoms with Gasteiger partial charge in [-0.25, -0.2) is 14.6 Å². The summed E-state index contributed by atoms with van der Waals surface area (Å²) in [6, 6.07) is 3.27. The van der Waals surface area contributed by atoms with E-state index in [2.05, 4.69) is 10.3 Å². The Labute approximate surface area is 169 Å². The summed E-state index contributed by atoms with van der Waals surface area (Å²) in [7, 11) is 2.46. The van der Waals surface area contributed by atoms with Crippen molar-refractivity contribution < 1.29 is 23.9 Å². The average Bonchev–Trinajstić information content (AvgIpc) is 3.15. The number of thiophene rings is 1. The normalized spacial score (nSPS) is 10.8. The largest absolute Gasteiger partial charge is 0.465 e. The van der Waals surface area contributed by atoms with Crippen LogP contribution in [0.2, 0.25) is 5.02 Å². The number of anilines is 1. The first kappa shape index (κ1) is 19.8. The predicted octanol–water partition coefficient (Wildman–Crippen LogP) is 3.49. The zero-order valence-electron chi connectivity index (χ0n) is 15.5. The van der Waals surface area contributed by atoms with Gasteiger partial charge in [-0.05, 0) is 25.5 Å². The number of carbonyl (C=O) groups excluding carboxylic acids is 3. The first-order valence-corrected chi connectivity index (χ1v) is 9.23. The number of nitrogens with one attached hydrogen (secondary N) is 1. The highest BCUT2D eigenvalue weighted by molar-refractivity contribution is 7.18. The topological polar surface area (TPSA) is 99.0 Å². The fourth-order valence-corrected chi connectivity index (χ4v) is 4.07. The maximum atomic E-state index is 13.0. The second-order valence-corrected chi connectivity index (χ2v) is 7.27. The van der Waals surface area contributed by atoms with Gasteiger partial charge in [-0.1, -0.05) is 11.6 Å². The van der Waals surface area contributed by atoms with E-state index in [9.17, 15) is 14.4 Å². The van der Waals surface area contributed by atoms with Crippen LogP contribution >= 0.6 is 22.9 Å². The summed E-state index contributed by atoms with van der Waals surface area (Å²) < 4.78 is 11.1. The van der Waals surface area contributed by atoms with Crippen LogP contribution in [0.4, 0.5) is 5.00 Å². The second kappa shape index (κ2) is 7.61. The Morgan fingerprint density at radius 2 is 1.86 bits per heavy atom. The molecule has 0 aliphatic rings. The first-order chi connectivity index (χ1) is 13.3. The van der Waals surface area contributed by atoms with Crippen LogP contribution in [-0.4, -0.2) is 41.5 Å². The van der Waals surface area contributed by atoms with E-state index in [-0.39, 0.29) is 21.1 Å². The molecule has 10 heteroatoms. The zero-order valence-corrected chi connectivity index (χ0v) is 17.0. The number of esters is 2. The number of carbonyl (C=O) groups is 3. The van der Waals surface area contributed by atoms with Gasteiger partial charge in [0.1, 0.15) is 21.2 Å². The number of aryl methyl sites for hydroxylation is 1. The predicted molar refractivity (Wildman–Crippen MR) is 105 cm³/mol. The third-order valence-corrected chi connectivity index (χ3v) is 5.53. The molecule has 0 saturated heterocycles. The van der Waals surface area contributed by atoms with Crippen LogP contribution in [0.25, 0.3) is 5.65 Å². The number of amides is 1. The van der Waals surface area contributed by atoms with Gasteiger partial charge in [0.15, 0.2) is 0 Å². The van der Waals surface area contributed by atoms with Crippen LogP contribution in [0.3, 0.4) is 0 Å². The van der Waals surface area contributed by atoms with E-state index in [1.54, 1.807) is 36.6 Å². The van der Waals surface area contributed by atoms with Crippen LogP contribution in [0, 0.1) is 13.8 Å². The average molecular weight is 422 g/mol. The molecular weight excluding hydrogens is 406 g/mol. The number of imidazole rings is 1. The molecule has 0 aromatic carbocycles. The number of hydrogen-bond donors (Lipinski definition) is 1. The van der Waals surface area contributed by atoms with E-state index in [4.69, 9.17) is 21.1 Å². The van der Waals surface area contributed by atoms with Crippen molar-refractivity contribution in [3.05, 3.63) is 50.7 Å². The molecule has 0 atom stereocenters. The first-order valence-electron chi connectivity index (χ1n) is 8.04. The zero-order chi connectivity index (χ0) is 20.6. The fourth-order valence-electron chi connectivity index (χ4n) is 2.81. The molecule has 0 saturated carbocycles. The number of rotatable bonds is 4. The molecule has 146 valence electrons. The Morgan fingerprint density at radius 3 is 2.50 bits per heavy atom. The highest BCUT2D eigenvalue weighted by atomic mass is 35.5. The van der Waals surface area contributed by atoms with Crippen molar-refractivity contribution in [1.82, 2.24) is 9.38 Å². The number of aromatic nitrogens is 2. The van der Waals surface area contributed by atoms with Gasteiger partial charge >= 0.3 is 11.9 Å². The molecule has 0 radical (unpaired) electrons. The van der Waals surface area contributed by atoms with Crippen LogP contribution in [0.15, 0.2) is 18.3 Å². The van der Waals surface area contributed by atoms with Crippen molar-refractivity contribution in [1.29, 1.82) is 0 Å². The minimum Gasteiger partial charge on any atom is -0.465 e. The molecule has 1 N–H and O–H groups in total. The van der Waals surface area contributed by atoms with E-state index >= 15 is 0 Å². The second-order valence-electron chi connectivity index (χ2n) is 5.82. The summed E-state index contributed by atoms with van der Waals surface area (Å²) in [5, 5.41) is 3.38. The number of halogens is 1. The molecule has 0 spiro atoms. The molecule has 1 amide bonds. The summed E-state index contributed by atoms with van der Waals surface area (Å²) in [5.41, 5.74) is 1.77. The summed E-state index contributed by atoms with van der Waals surface area (Å²) >= 11 is 6.92. The minimum absolute atomic E-state index is 0.107. The molecule has 8 nitrogen and oxygen atoms in total. The highest BCUT2D eigenvalue weighted by Gasteiger charge is 2.28. The van der Waals surface area contributed by atoms with Crippen molar-refractivity contribution in [3.63, 3.8) is 0 Å². The van der Waals surface area contributed by atoms with Gasteiger partial charge in [-0.3, -0.25) is 9.20 Å². The molecule has 0 aliphatic heterocycles. The van der Waals surface area contributed by atoms with Crippen molar-refractivity contribution in [2.24, 2.45) is 0 Å². The molecule has 0 bridgehead atoms. The summed E-state index contributed by atoms with van der Waals surface area (Å²) in [6.45, 7) is 3.28. The molecule has 28 heavy (non-hydrogen) atoms. The number of nitrogens with zero attached hydrogens (tertiary/aromatic N) is 2. The maximum Gasteiger partial charge on any atom is 0.348 e. The van der Waals surface area contributed by atoms with E-state index < -0.39 is 17.8 Å². The van der Waals surface area contributed by atoms with Crippen molar-refractivity contribution in [2.75, 3.05) is 19.5 Å². The molecule has 3 aromatic heterocycles. The lowest BCUT2D eigenvalue weighted by atomic mass is 10.1. The number of methoxy groups -OCH3 is 2. The molecule has 0 aliphatic carbocycles. The lowest BCUT2D eigenvalue weighted by Crippen LogP contribution is -2.17. The Kier molecular flexibility index (Phi) is 5.39. The molecule has 0 fully saturated rings. The Hall–Kier alpha value is -2.91. The fraction of sp³-hybridized carbons (Fsp3) is 0.222. The van der Waals surface area contributed by atoms with Crippen LogP contribution in [0.1, 0.15) is 41.8 Å². The number of pyridine rings is 1. The van der Waals surface area contributed by atoms with Gasteiger partial charge < -0.3 is 14.8 Å². The quantitative estimate of drug-likeness (QED) is 0.647. The molecule has 3 rings (SSSR count). The summed E-state index contributed by atoms with van der Waals surface area (Å²) in [4.78, 5) is 41.7. The van der Waals surface area contributed by atoms with Crippen LogP contribution in [-0.2, 0) is 9.47 Å². The SMILES string of the molecule is COC(=O)c1sc(NC(=O)c2c(C)nc3cc(Cl)ccn23)c(C(=O)OC)c1C. The monoisotopic (exact) mass is 421 g/mol. The Morgan fingerprint density at radius 1 is 1.18 bits per heavy atom. The van der Waals surface area contributed by atoms with Gasteiger partial charge in [0.05, 0.1) is 25.5 Å². The third-order valence-electron chi connectivity index (χ3n) is 4.11. The standard InChI is InChI=1S/C18H16ClN3O5S/c1-8-12(17(24)26-3)16(28-14(8)18(25)27-4)21-15(23)13-9(2)20-11-7-10(19)5-6-22(11)13/h5-7H,1-4H3,(H,21,23). The summed E-state index contributed by atoms with van der Waals surface area (Å²) in [6.07, 6.45) is 1.63. The van der Waals surface area contributed by atoms with Gasteiger partial charge in [-0.2, -0.15) is 0 Å². The molecular formula is C18H16ClN3O5S. The van der Waals surface area contributed by atoms with Crippen molar-refractivity contribution in [3.8, 4) is 0 Å². The third kappa shape index (κ3) is 3.34. The number of hydrogen-bond acceptors (Lipinski definition) is 7. The van der Waals surface area contributed by atoms with Crippen LogP contribution < -0.4 is 5.32 Å². The maximum absolute atomic E-state index is 13.0.